The Hall–Kier alpha value is -2.62. The average Bonchev–Trinajstić information content (AvgIpc) is 3.06. The van der Waals surface area contributed by atoms with Gasteiger partial charge in [-0.25, -0.2) is 4.98 Å². The van der Waals surface area contributed by atoms with E-state index in [1.165, 1.54) is 5.39 Å². The zero-order chi connectivity index (χ0) is 16.9. The predicted octanol–water partition coefficient (Wildman–Crippen LogP) is 4.37. The lowest BCUT2D eigenvalue weighted by molar-refractivity contribution is -0.151. The van der Waals surface area contributed by atoms with Gasteiger partial charge >= 0.3 is 5.97 Å². The van der Waals surface area contributed by atoms with Crippen LogP contribution in [0, 0.1) is 5.92 Å². The summed E-state index contributed by atoms with van der Waals surface area (Å²) in [5.74, 6) is 0.117. The summed E-state index contributed by atoms with van der Waals surface area (Å²) in [6.45, 7) is 4.59. The minimum absolute atomic E-state index is 0.164. The Labute approximate surface area is 142 Å². The van der Waals surface area contributed by atoms with Crippen molar-refractivity contribution < 1.29 is 9.53 Å². The van der Waals surface area contributed by atoms with Crippen LogP contribution in [-0.4, -0.2) is 15.5 Å². The zero-order valence-corrected chi connectivity index (χ0v) is 14.1. The number of carbonyl (C=O) groups excluding carboxylic acids is 1. The van der Waals surface area contributed by atoms with Crippen LogP contribution in [0.2, 0.25) is 0 Å². The van der Waals surface area contributed by atoms with Crippen molar-refractivity contribution in [3.05, 3.63) is 66.7 Å². The molecule has 1 unspecified atom stereocenters. The van der Waals surface area contributed by atoms with Gasteiger partial charge in [-0.15, -0.1) is 0 Å². The molecule has 2 aromatic carbocycles. The highest BCUT2D eigenvalue weighted by Gasteiger charge is 2.18. The molecule has 0 fully saturated rings. The van der Waals surface area contributed by atoms with E-state index >= 15 is 0 Å². The fourth-order valence-electron chi connectivity index (χ4n) is 2.75. The van der Waals surface area contributed by atoms with Gasteiger partial charge in [0.25, 0.3) is 0 Å². The van der Waals surface area contributed by atoms with E-state index < -0.39 is 0 Å². The van der Waals surface area contributed by atoms with E-state index in [0.29, 0.717) is 13.0 Å². The van der Waals surface area contributed by atoms with Crippen molar-refractivity contribution in [2.24, 2.45) is 5.92 Å². The maximum absolute atomic E-state index is 12.2. The van der Waals surface area contributed by atoms with Crippen LogP contribution in [0.5, 0.6) is 0 Å². The van der Waals surface area contributed by atoms with Crippen LogP contribution in [0.3, 0.4) is 0 Å². The number of esters is 1. The highest BCUT2D eigenvalue weighted by molar-refractivity contribution is 5.83. The normalized spacial score (nSPS) is 12.5. The molecule has 0 aliphatic carbocycles. The van der Waals surface area contributed by atoms with E-state index in [1.54, 1.807) is 12.5 Å². The van der Waals surface area contributed by atoms with Gasteiger partial charge in [0.1, 0.15) is 6.10 Å². The van der Waals surface area contributed by atoms with Crippen molar-refractivity contribution in [2.45, 2.75) is 32.9 Å². The molecule has 0 radical (unpaired) electrons. The molecule has 124 valence electrons. The molecule has 0 saturated carbocycles. The largest absolute Gasteiger partial charge is 0.456 e. The van der Waals surface area contributed by atoms with Crippen LogP contribution in [0.4, 0.5) is 0 Å². The first kappa shape index (κ1) is 16.2. The Balaban J connectivity index is 1.87. The molecule has 0 amide bonds. The molecule has 1 atom stereocenters. The molecule has 0 aliphatic rings. The van der Waals surface area contributed by atoms with Crippen LogP contribution in [-0.2, 0) is 16.1 Å². The number of fused-ring (bicyclic) bond motifs is 1. The highest BCUT2D eigenvalue weighted by Crippen LogP contribution is 2.25. The summed E-state index contributed by atoms with van der Waals surface area (Å²) in [6, 6.07) is 14.4. The van der Waals surface area contributed by atoms with E-state index in [-0.39, 0.29) is 18.0 Å². The Morgan fingerprint density at radius 3 is 2.67 bits per heavy atom. The zero-order valence-electron chi connectivity index (χ0n) is 14.1. The first-order valence-electron chi connectivity index (χ1n) is 8.26. The molecule has 0 spiro atoms. The molecule has 0 N–H and O–H groups in total. The standard InChI is InChI=1S/C20H22N2O2/c1-15(2)11-20(23)24-19(13-22-10-9-21-14-22)18-8-7-16-5-3-4-6-17(16)12-18/h3-10,12,14-15,19H,11,13H2,1-2H3. The number of nitrogens with zero attached hydrogens (tertiary/aromatic N) is 2. The third-order valence-corrected chi connectivity index (χ3v) is 3.93. The molecular weight excluding hydrogens is 300 g/mol. The SMILES string of the molecule is CC(C)CC(=O)OC(Cn1ccnc1)c1ccc2ccccc2c1. The number of imidazole rings is 1. The summed E-state index contributed by atoms with van der Waals surface area (Å²) in [7, 11) is 0. The number of carbonyl (C=O) groups is 1. The van der Waals surface area contributed by atoms with Gasteiger partial charge in [0.05, 0.1) is 12.9 Å². The summed E-state index contributed by atoms with van der Waals surface area (Å²) in [6.07, 6.45) is 5.45. The van der Waals surface area contributed by atoms with Crippen molar-refractivity contribution in [3.8, 4) is 0 Å². The minimum atomic E-state index is -0.324. The Bertz CT molecular complexity index is 809. The van der Waals surface area contributed by atoms with Crippen molar-refractivity contribution in [3.63, 3.8) is 0 Å². The van der Waals surface area contributed by atoms with Gasteiger partial charge in [0, 0.05) is 18.8 Å². The molecule has 4 nitrogen and oxygen atoms in total. The maximum Gasteiger partial charge on any atom is 0.306 e. The number of hydrogen-bond acceptors (Lipinski definition) is 3. The monoisotopic (exact) mass is 322 g/mol. The van der Waals surface area contributed by atoms with Crippen LogP contribution >= 0.6 is 0 Å². The smallest absolute Gasteiger partial charge is 0.306 e. The fourth-order valence-corrected chi connectivity index (χ4v) is 2.75. The number of hydrogen-bond donors (Lipinski definition) is 0. The first-order chi connectivity index (χ1) is 11.6. The molecule has 3 aromatic rings. The third kappa shape index (κ3) is 4.02. The van der Waals surface area contributed by atoms with Gasteiger partial charge in [-0.1, -0.05) is 50.2 Å². The molecule has 0 aliphatic heterocycles. The van der Waals surface area contributed by atoms with Gasteiger partial charge in [-0.05, 0) is 28.3 Å². The van der Waals surface area contributed by atoms with Gasteiger partial charge in [0.15, 0.2) is 0 Å². The lowest BCUT2D eigenvalue weighted by atomic mass is 10.0. The van der Waals surface area contributed by atoms with Crippen molar-refractivity contribution in [2.75, 3.05) is 0 Å². The van der Waals surface area contributed by atoms with Crippen LogP contribution in [0.15, 0.2) is 61.2 Å². The van der Waals surface area contributed by atoms with Crippen LogP contribution < -0.4 is 0 Å². The second-order valence-corrected chi connectivity index (χ2v) is 6.44. The molecule has 0 saturated heterocycles. The van der Waals surface area contributed by atoms with E-state index in [9.17, 15) is 4.79 Å². The summed E-state index contributed by atoms with van der Waals surface area (Å²) < 4.78 is 7.72. The lowest BCUT2D eigenvalue weighted by Gasteiger charge is -2.20. The lowest BCUT2D eigenvalue weighted by Crippen LogP contribution is -2.17. The van der Waals surface area contributed by atoms with Gasteiger partial charge in [-0.3, -0.25) is 4.79 Å². The van der Waals surface area contributed by atoms with Crippen molar-refractivity contribution >= 4 is 16.7 Å². The average molecular weight is 322 g/mol. The molecule has 24 heavy (non-hydrogen) atoms. The van der Waals surface area contributed by atoms with Gasteiger partial charge < -0.3 is 9.30 Å². The second-order valence-electron chi connectivity index (χ2n) is 6.44. The van der Waals surface area contributed by atoms with E-state index in [0.717, 1.165) is 10.9 Å². The predicted molar refractivity (Wildman–Crippen MR) is 94.5 cm³/mol. The van der Waals surface area contributed by atoms with Crippen LogP contribution in [0.25, 0.3) is 10.8 Å². The number of benzene rings is 2. The maximum atomic E-state index is 12.2. The summed E-state index contributed by atoms with van der Waals surface area (Å²) >= 11 is 0. The topological polar surface area (TPSA) is 44.1 Å². The van der Waals surface area contributed by atoms with Crippen molar-refractivity contribution in [1.82, 2.24) is 9.55 Å². The van der Waals surface area contributed by atoms with E-state index in [2.05, 4.69) is 29.2 Å². The first-order valence-corrected chi connectivity index (χ1v) is 8.26. The third-order valence-electron chi connectivity index (χ3n) is 3.93. The number of ether oxygens (including phenoxy) is 1. The quantitative estimate of drug-likeness (QED) is 0.633. The van der Waals surface area contributed by atoms with E-state index in [1.807, 2.05) is 42.8 Å². The van der Waals surface area contributed by atoms with E-state index in [4.69, 9.17) is 4.74 Å². The summed E-state index contributed by atoms with van der Waals surface area (Å²) in [5, 5.41) is 2.32. The molecule has 1 heterocycles. The second kappa shape index (κ2) is 7.30. The number of aromatic nitrogens is 2. The van der Waals surface area contributed by atoms with Gasteiger partial charge in [0.2, 0.25) is 0 Å². The Morgan fingerprint density at radius 2 is 1.96 bits per heavy atom. The summed E-state index contributed by atoms with van der Waals surface area (Å²) in [4.78, 5) is 16.3. The summed E-state index contributed by atoms with van der Waals surface area (Å²) in [5.41, 5.74) is 1.000. The highest BCUT2D eigenvalue weighted by atomic mass is 16.5. The Kier molecular flexibility index (Phi) is 4.94. The molecular formula is C20H22N2O2. The fraction of sp³-hybridized carbons (Fsp3) is 0.300. The number of rotatable bonds is 6. The molecule has 4 heteroatoms. The Morgan fingerprint density at radius 1 is 1.17 bits per heavy atom. The molecule has 1 aromatic heterocycles. The van der Waals surface area contributed by atoms with Gasteiger partial charge in [-0.2, -0.15) is 0 Å². The minimum Gasteiger partial charge on any atom is -0.456 e. The molecule has 3 rings (SSSR count). The molecule has 0 bridgehead atoms. The van der Waals surface area contributed by atoms with Crippen molar-refractivity contribution in [1.29, 1.82) is 0 Å². The van der Waals surface area contributed by atoms with Crippen LogP contribution in [0.1, 0.15) is 31.9 Å².